The second kappa shape index (κ2) is 4.98. The van der Waals surface area contributed by atoms with Gasteiger partial charge in [0.15, 0.2) is 0 Å². The minimum absolute atomic E-state index is 0.0527. The number of aliphatic hydroxyl groups excluding tert-OH is 1. The van der Waals surface area contributed by atoms with Crippen LogP contribution in [0.5, 0.6) is 0 Å². The van der Waals surface area contributed by atoms with Gasteiger partial charge in [-0.1, -0.05) is 6.92 Å². The first-order valence-electron chi connectivity index (χ1n) is 9.10. The van der Waals surface area contributed by atoms with E-state index < -0.39 is 0 Å². The van der Waals surface area contributed by atoms with Gasteiger partial charge in [-0.2, -0.15) is 0 Å². The minimum atomic E-state index is -0.0527. The van der Waals surface area contributed by atoms with Crippen molar-refractivity contribution in [3.63, 3.8) is 0 Å². The maximum Gasteiger partial charge on any atom is 0.0723 e. The summed E-state index contributed by atoms with van der Waals surface area (Å²) in [5.41, 5.74) is 0.315. The van der Waals surface area contributed by atoms with E-state index in [4.69, 9.17) is 0 Å². The molecule has 1 unspecified atom stereocenters. The Morgan fingerprint density at radius 1 is 1.05 bits per heavy atom. The van der Waals surface area contributed by atoms with Gasteiger partial charge in [0.1, 0.15) is 0 Å². The average Bonchev–Trinajstić information content (AvgIpc) is 3.20. The molecule has 0 aliphatic heterocycles. The van der Waals surface area contributed by atoms with Crippen molar-refractivity contribution in [2.75, 3.05) is 13.1 Å². The molecule has 1 atom stereocenters. The van der Waals surface area contributed by atoms with E-state index in [0.717, 1.165) is 30.3 Å². The van der Waals surface area contributed by atoms with Gasteiger partial charge < -0.3 is 5.11 Å². The minimum Gasteiger partial charge on any atom is -0.391 e. The molecule has 2 nitrogen and oxygen atoms in total. The molecule has 0 aromatic heterocycles. The van der Waals surface area contributed by atoms with E-state index >= 15 is 0 Å². The summed E-state index contributed by atoms with van der Waals surface area (Å²) >= 11 is 0. The summed E-state index contributed by atoms with van der Waals surface area (Å²) in [5.74, 6) is 2.87. The topological polar surface area (TPSA) is 23.5 Å². The lowest BCUT2D eigenvalue weighted by atomic mass is 9.48. The van der Waals surface area contributed by atoms with Crippen LogP contribution in [0.1, 0.15) is 64.7 Å². The van der Waals surface area contributed by atoms with Crippen LogP contribution < -0.4 is 0 Å². The van der Waals surface area contributed by atoms with Crippen LogP contribution in [0.25, 0.3) is 0 Å². The molecular formula is C18H31NO. The second-order valence-electron chi connectivity index (χ2n) is 8.52. The lowest BCUT2D eigenvalue weighted by molar-refractivity contribution is -0.127. The fourth-order valence-electron chi connectivity index (χ4n) is 6.15. The maximum atomic E-state index is 11.0. The predicted molar refractivity (Wildman–Crippen MR) is 81.5 cm³/mol. The first kappa shape index (κ1) is 13.6. The number of rotatable bonds is 6. The summed E-state index contributed by atoms with van der Waals surface area (Å²) in [4.78, 5) is 2.60. The Balaban J connectivity index is 1.45. The van der Waals surface area contributed by atoms with Crippen LogP contribution in [0.2, 0.25) is 0 Å². The Labute approximate surface area is 123 Å². The van der Waals surface area contributed by atoms with E-state index in [2.05, 4.69) is 11.8 Å². The largest absolute Gasteiger partial charge is 0.391 e. The first-order chi connectivity index (χ1) is 9.68. The third kappa shape index (κ3) is 2.33. The molecule has 114 valence electrons. The molecular weight excluding hydrogens is 246 g/mol. The van der Waals surface area contributed by atoms with Crippen molar-refractivity contribution in [1.29, 1.82) is 0 Å². The Hall–Kier alpha value is -0.0800. The van der Waals surface area contributed by atoms with E-state index in [1.165, 1.54) is 64.3 Å². The van der Waals surface area contributed by atoms with Crippen molar-refractivity contribution in [3.8, 4) is 0 Å². The quantitative estimate of drug-likeness (QED) is 0.804. The Kier molecular flexibility index (Phi) is 3.38. The van der Waals surface area contributed by atoms with Crippen molar-refractivity contribution in [2.24, 2.45) is 23.2 Å². The summed E-state index contributed by atoms with van der Waals surface area (Å²) in [5, 5.41) is 11.0. The smallest absolute Gasteiger partial charge is 0.0723 e. The van der Waals surface area contributed by atoms with Crippen molar-refractivity contribution in [3.05, 3.63) is 0 Å². The standard InChI is InChI=1S/C18H31NO/c1-2-5-19(16-3-4-16)12-17(20)18-9-13-6-14(10-18)8-15(7-13)11-18/h13-17,20H,2-12H2,1H3. The highest BCUT2D eigenvalue weighted by atomic mass is 16.3. The molecule has 4 bridgehead atoms. The van der Waals surface area contributed by atoms with Crippen molar-refractivity contribution in [1.82, 2.24) is 4.90 Å². The van der Waals surface area contributed by atoms with E-state index in [0.29, 0.717) is 5.41 Å². The van der Waals surface area contributed by atoms with Gasteiger partial charge in [0.2, 0.25) is 0 Å². The van der Waals surface area contributed by atoms with Gasteiger partial charge >= 0.3 is 0 Å². The summed E-state index contributed by atoms with van der Waals surface area (Å²) in [7, 11) is 0. The molecule has 0 spiro atoms. The first-order valence-corrected chi connectivity index (χ1v) is 9.10. The molecule has 20 heavy (non-hydrogen) atoms. The van der Waals surface area contributed by atoms with Crippen molar-refractivity contribution < 1.29 is 5.11 Å². The van der Waals surface area contributed by atoms with Crippen LogP contribution in [0.3, 0.4) is 0 Å². The number of nitrogens with zero attached hydrogens (tertiary/aromatic N) is 1. The Bertz CT molecular complexity index is 327. The average molecular weight is 277 g/mol. The summed E-state index contributed by atoms with van der Waals surface area (Å²) in [6, 6.07) is 0.804. The lowest BCUT2D eigenvalue weighted by Crippen LogP contribution is -2.54. The molecule has 1 N–H and O–H groups in total. The Morgan fingerprint density at radius 2 is 1.60 bits per heavy atom. The highest BCUT2D eigenvalue weighted by Crippen LogP contribution is 2.61. The summed E-state index contributed by atoms with van der Waals surface area (Å²) in [6.45, 7) is 4.42. The van der Waals surface area contributed by atoms with Gasteiger partial charge in [0.05, 0.1) is 6.10 Å². The van der Waals surface area contributed by atoms with Crippen LogP contribution in [0, 0.1) is 23.2 Å². The highest BCUT2D eigenvalue weighted by Gasteiger charge is 2.54. The number of hydrogen-bond donors (Lipinski definition) is 1. The maximum absolute atomic E-state index is 11.0. The number of hydrogen-bond acceptors (Lipinski definition) is 2. The van der Waals surface area contributed by atoms with Gasteiger partial charge in [0.25, 0.3) is 0 Å². The fourth-order valence-corrected chi connectivity index (χ4v) is 6.15. The zero-order valence-electron chi connectivity index (χ0n) is 13.1. The molecule has 5 aliphatic rings. The van der Waals surface area contributed by atoms with Gasteiger partial charge in [-0.05, 0) is 87.5 Å². The van der Waals surface area contributed by atoms with Crippen LogP contribution in [-0.2, 0) is 0 Å². The van der Waals surface area contributed by atoms with Gasteiger partial charge in [-0.15, -0.1) is 0 Å². The van der Waals surface area contributed by atoms with E-state index in [-0.39, 0.29) is 6.10 Å². The molecule has 0 aromatic carbocycles. The van der Waals surface area contributed by atoms with Gasteiger partial charge in [-0.25, -0.2) is 0 Å². The molecule has 0 heterocycles. The van der Waals surface area contributed by atoms with Crippen LogP contribution in [0.15, 0.2) is 0 Å². The van der Waals surface area contributed by atoms with E-state index in [1.807, 2.05) is 0 Å². The highest BCUT2D eigenvalue weighted by molar-refractivity contribution is 5.05. The van der Waals surface area contributed by atoms with E-state index in [1.54, 1.807) is 0 Å². The third-order valence-electron chi connectivity index (χ3n) is 6.77. The molecule has 5 saturated carbocycles. The second-order valence-corrected chi connectivity index (χ2v) is 8.52. The van der Waals surface area contributed by atoms with Crippen molar-refractivity contribution in [2.45, 2.75) is 76.9 Å². The van der Waals surface area contributed by atoms with Crippen molar-refractivity contribution >= 4 is 0 Å². The predicted octanol–water partition coefficient (Wildman–Crippen LogP) is 3.44. The molecule has 0 saturated heterocycles. The molecule has 0 aromatic rings. The summed E-state index contributed by atoms with van der Waals surface area (Å²) in [6.07, 6.45) is 12.4. The SMILES string of the molecule is CCCN(CC(O)C12CC3CC(CC(C3)C1)C2)C1CC1. The van der Waals surface area contributed by atoms with E-state index in [9.17, 15) is 5.11 Å². The monoisotopic (exact) mass is 277 g/mol. The molecule has 5 rings (SSSR count). The summed E-state index contributed by atoms with van der Waals surface area (Å²) < 4.78 is 0. The molecule has 5 aliphatic carbocycles. The normalized spacial score (nSPS) is 44.2. The zero-order chi connectivity index (χ0) is 13.7. The molecule has 0 radical (unpaired) electrons. The zero-order valence-corrected chi connectivity index (χ0v) is 13.1. The number of aliphatic hydroxyl groups is 1. The van der Waals surface area contributed by atoms with Crippen LogP contribution in [0.4, 0.5) is 0 Å². The van der Waals surface area contributed by atoms with Crippen LogP contribution >= 0.6 is 0 Å². The third-order valence-corrected chi connectivity index (χ3v) is 6.77. The molecule has 5 fully saturated rings. The lowest BCUT2D eigenvalue weighted by Gasteiger charge is -2.58. The Morgan fingerprint density at radius 3 is 2.05 bits per heavy atom. The van der Waals surface area contributed by atoms with Gasteiger partial charge in [0, 0.05) is 12.6 Å². The molecule has 2 heteroatoms. The molecule has 0 amide bonds. The van der Waals surface area contributed by atoms with Gasteiger partial charge in [-0.3, -0.25) is 4.90 Å². The fraction of sp³-hybridized carbons (Fsp3) is 1.00. The van der Waals surface area contributed by atoms with Crippen LogP contribution in [-0.4, -0.2) is 35.2 Å².